The van der Waals surface area contributed by atoms with Crippen molar-refractivity contribution in [3.05, 3.63) is 0 Å². The van der Waals surface area contributed by atoms with E-state index in [1.165, 1.54) is 13.1 Å². The molecule has 1 aliphatic carbocycles. The molecule has 1 aliphatic heterocycles. The molecule has 1 heterocycles. The second kappa shape index (κ2) is 12.7. The number of unbranched alkanes of at least 4 members (excludes halogenated alkanes) is 3. The standard InChI is InChI=1S/C19H35N2O5P.Na.H/c1-27(25,26)14-8-3-2-7-11-16-18(23)20-19(24)21(16)13-12-17(22)15-9-5-4-6-10-15;;/h15-17,22H,2-14H2,1H3,(H,25,26)(H,20,23,24);;. The number of nitrogens with one attached hydrogen (secondary N) is 1. The van der Waals surface area contributed by atoms with Crippen LogP contribution < -0.4 is 5.32 Å². The van der Waals surface area contributed by atoms with Crippen LogP contribution in [0.5, 0.6) is 0 Å². The van der Waals surface area contributed by atoms with Gasteiger partial charge in [-0.1, -0.05) is 38.5 Å². The van der Waals surface area contributed by atoms with Gasteiger partial charge in [0.2, 0.25) is 0 Å². The Bertz CT molecular complexity index is 550. The molecule has 3 unspecified atom stereocenters. The third kappa shape index (κ3) is 8.85. The second-order valence-corrected chi connectivity index (χ2v) is 10.8. The number of aliphatic hydroxyl groups excluding tert-OH is 1. The Morgan fingerprint density at radius 1 is 1.14 bits per heavy atom. The molecule has 2 aliphatic rings. The van der Waals surface area contributed by atoms with Crippen LogP contribution in [0.4, 0.5) is 4.79 Å². The van der Waals surface area contributed by atoms with E-state index < -0.39 is 19.5 Å². The first-order chi connectivity index (χ1) is 12.8. The maximum absolute atomic E-state index is 12.1. The number of carbonyl (C=O) groups is 2. The van der Waals surface area contributed by atoms with Gasteiger partial charge in [0.1, 0.15) is 6.04 Å². The van der Waals surface area contributed by atoms with Crippen molar-refractivity contribution in [1.82, 2.24) is 10.2 Å². The summed E-state index contributed by atoms with van der Waals surface area (Å²) in [7, 11) is -2.93. The number of amides is 3. The van der Waals surface area contributed by atoms with Crippen LogP contribution in [0.3, 0.4) is 0 Å². The zero-order valence-corrected chi connectivity index (χ0v) is 17.3. The Hall–Kier alpha value is 0.0900. The van der Waals surface area contributed by atoms with Crippen molar-refractivity contribution in [3.8, 4) is 0 Å². The van der Waals surface area contributed by atoms with Crippen molar-refractivity contribution in [2.45, 2.75) is 82.8 Å². The van der Waals surface area contributed by atoms with E-state index in [0.29, 0.717) is 37.9 Å². The molecule has 3 N–H and O–H groups in total. The molecule has 0 aromatic heterocycles. The van der Waals surface area contributed by atoms with Gasteiger partial charge in [0.15, 0.2) is 7.37 Å². The van der Waals surface area contributed by atoms with Gasteiger partial charge >= 0.3 is 35.6 Å². The summed E-state index contributed by atoms with van der Waals surface area (Å²) in [6.07, 6.45) is 9.93. The Kier molecular flexibility index (Phi) is 11.9. The summed E-state index contributed by atoms with van der Waals surface area (Å²) >= 11 is 0. The summed E-state index contributed by atoms with van der Waals surface area (Å²) in [6.45, 7) is 1.78. The fraction of sp³-hybridized carbons (Fsp3) is 0.895. The van der Waals surface area contributed by atoms with E-state index in [0.717, 1.165) is 44.9 Å². The normalized spacial score (nSPS) is 23.8. The minimum absolute atomic E-state index is 0. The zero-order valence-electron chi connectivity index (χ0n) is 16.4. The van der Waals surface area contributed by atoms with Gasteiger partial charge in [-0.05, 0) is 38.0 Å². The van der Waals surface area contributed by atoms with Gasteiger partial charge < -0.3 is 14.9 Å². The Balaban J connectivity index is 0.00000392. The Morgan fingerprint density at radius 2 is 1.79 bits per heavy atom. The summed E-state index contributed by atoms with van der Waals surface area (Å²) in [5.41, 5.74) is 0. The van der Waals surface area contributed by atoms with Crippen molar-refractivity contribution in [2.24, 2.45) is 5.92 Å². The number of carbonyl (C=O) groups excluding carboxylic acids is 2. The maximum atomic E-state index is 12.1. The van der Waals surface area contributed by atoms with Gasteiger partial charge in [-0.25, -0.2) is 4.79 Å². The van der Waals surface area contributed by atoms with Crippen LogP contribution in [0.1, 0.15) is 70.6 Å². The predicted octanol–water partition coefficient (Wildman–Crippen LogP) is 2.44. The van der Waals surface area contributed by atoms with Crippen LogP contribution in [0.2, 0.25) is 0 Å². The molecule has 7 nitrogen and oxygen atoms in total. The number of rotatable bonds is 11. The van der Waals surface area contributed by atoms with E-state index in [4.69, 9.17) is 0 Å². The average Bonchev–Trinajstić information content (AvgIpc) is 2.88. The fourth-order valence-electron chi connectivity index (χ4n) is 4.21. The molecule has 2 fully saturated rings. The first-order valence-corrected chi connectivity index (χ1v) is 12.7. The SMILES string of the molecule is CP(=O)(O)CCCCCCC1C(=O)NC(=O)N1CCC(O)C1CCCCC1.[NaH]. The van der Waals surface area contributed by atoms with Crippen molar-refractivity contribution >= 4 is 48.9 Å². The molecule has 1 saturated carbocycles. The van der Waals surface area contributed by atoms with E-state index in [2.05, 4.69) is 5.32 Å². The van der Waals surface area contributed by atoms with E-state index >= 15 is 0 Å². The van der Waals surface area contributed by atoms with Crippen LogP contribution in [0.25, 0.3) is 0 Å². The third-order valence-electron chi connectivity index (χ3n) is 5.83. The molecular weight excluding hydrogens is 390 g/mol. The number of imide groups is 1. The number of hydrogen-bond donors (Lipinski definition) is 3. The minimum atomic E-state index is -2.93. The fourth-order valence-corrected chi connectivity index (χ4v) is 5.02. The van der Waals surface area contributed by atoms with Gasteiger partial charge in [-0.2, -0.15) is 0 Å². The summed E-state index contributed by atoms with van der Waals surface area (Å²) in [5.74, 6) is 0.0696. The summed E-state index contributed by atoms with van der Waals surface area (Å²) in [5, 5.41) is 12.8. The van der Waals surface area contributed by atoms with Crippen molar-refractivity contribution in [2.75, 3.05) is 19.4 Å². The Labute approximate surface area is 190 Å². The molecule has 0 bridgehead atoms. The van der Waals surface area contributed by atoms with Crippen LogP contribution in [-0.4, -0.2) is 87.9 Å². The van der Waals surface area contributed by atoms with Crippen molar-refractivity contribution < 1.29 is 24.2 Å². The first kappa shape index (κ1) is 26.1. The molecule has 3 amide bonds. The molecule has 0 spiro atoms. The summed E-state index contributed by atoms with van der Waals surface area (Å²) < 4.78 is 11.3. The quantitative estimate of drug-likeness (QED) is 0.204. The van der Waals surface area contributed by atoms with Crippen molar-refractivity contribution in [3.63, 3.8) is 0 Å². The molecule has 3 atom stereocenters. The van der Waals surface area contributed by atoms with Crippen molar-refractivity contribution in [1.29, 1.82) is 0 Å². The third-order valence-corrected chi connectivity index (χ3v) is 6.98. The van der Waals surface area contributed by atoms with Crippen LogP contribution in [0, 0.1) is 5.92 Å². The van der Waals surface area contributed by atoms with E-state index in [1.54, 1.807) is 4.90 Å². The molecular formula is C19H36N2NaO5P. The summed E-state index contributed by atoms with van der Waals surface area (Å²) in [4.78, 5) is 35.0. The molecule has 0 aromatic rings. The van der Waals surface area contributed by atoms with Gasteiger partial charge in [0.05, 0.1) is 6.10 Å². The summed E-state index contributed by atoms with van der Waals surface area (Å²) in [6, 6.07) is -0.806. The molecule has 1 saturated heterocycles. The van der Waals surface area contributed by atoms with E-state index in [-0.39, 0.29) is 41.5 Å². The van der Waals surface area contributed by atoms with E-state index in [9.17, 15) is 24.2 Å². The number of nitrogens with zero attached hydrogens (tertiary/aromatic N) is 1. The van der Waals surface area contributed by atoms with Crippen LogP contribution >= 0.6 is 7.37 Å². The molecule has 9 heteroatoms. The topological polar surface area (TPSA) is 107 Å². The van der Waals surface area contributed by atoms with Gasteiger partial charge in [0, 0.05) is 19.4 Å². The molecule has 0 radical (unpaired) electrons. The monoisotopic (exact) mass is 426 g/mol. The predicted molar refractivity (Wildman–Crippen MR) is 112 cm³/mol. The van der Waals surface area contributed by atoms with Gasteiger partial charge in [0.25, 0.3) is 5.91 Å². The molecule has 0 aromatic carbocycles. The van der Waals surface area contributed by atoms with Crippen LogP contribution in [-0.2, 0) is 9.36 Å². The first-order valence-electron chi connectivity index (χ1n) is 10.4. The second-order valence-electron chi connectivity index (χ2n) is 8.24. The number of hydrogen-bond acceptors (Lipinski definition) is 4. The Morgan fingerprint density at radius 3 is 2.43 bits per heavy atom. The molecule has 2 rings (SSSR count). The van der Waals surface area contributed by atoms with E-state index in [1.807, 2.05) is 0 Å². The molecule has 158 valence electrons. The van der Waals surface area contributed by atoms with Gasteiger partial charge in [-0.3, -0.25) is 14.7 Å². The molecule has 28 heavy (non-hydrogen) atoms. The van der Waals surface area contributed by atoms with Crippen LogP contribution in [0.15, 0.2) is 0 Å². The van der Waals surface area contributed by atoms with Gasteiger partial charge in [-0.15, -0.1) is 0 Å². The number of aliphatic hydroxyl groups is 1. The average molecular weight is 426 g/mol. The number of urea groups is 1. The zero-order chi connectivity index (χ0) is 19.9.